The summed E-state index contributed by atoms with van der Waals surface area (Å²) in [7, 11) is 0. The Bertz CT molecular complexity index is 3560. The Morgan fingerprint density at radius 3 is 1.42 bits per heavy atom. The molecule has 1 nitrogen and oxygen atoms in total. The lowest BCUT2D eigenvalue weighted by molar-refractivity contribution is 1.28. The van der Waals surface area contributed by atoms with Crippen molar-refractivity contribution in [1.82, 2.24) is 0 Å². The highest BCUT2D eigenvalue weighted by Crippen LogP contribution is 2.42. The van der Waals surface area contributed by atoms with E-state index >= 15 is 0 Å². The van der Waals surface area contributed by atoms with Crippen LogP contribution in [0.25, 0.3) is 96.6 Å². The summed E-state index contributed by atoms with van der Waals surface area (Å²) in [6, 6.07) is 82.5. The van der Waals surface area contributed by atoms with Gasteiger partial charge in [-0.05, 0) is 131 Å². The lowest BCUT2D eigenvalue weighted by Gasteiger charge is -2.26. The van der Waals surface area contributed by atoms with Gasteiger partial charge in [-0.15, -0.1) is 11.3 Å². The van der Waals surface area contributed by atoms with Gasteiger partial charge in [-0.3, -0.25) is 0 Å². The van der Waals surface area contributed by atoms with Crippen LogP contribution in [0.3, 0.4) is 0 Å². The molecule has 0 amide bonds. The van der Waals surface area contributed by atoms with Gasteiger partial charge in [-0.25, -0.2) is 0 Å². The van der Waals surface area contributed by atoms with Crippen molar-refractivity contribution < 1.29 is 0 Å². The molecule has 0 aliphatic heterocycles. The van der Waals surface area contributed by atoms with E-state index in [0.717, 1.165) is 17.1 Å². The standard InChI is InChI=1S/C58H37NS/c1-2-15-47-40(11-1)12-10-21-48(47)43-13-9-14-46(35-43)59(45-31-25-39(26-32-45)42-28-34-55-54-20-7-8-22-57(54)60-58(55)37-42)44-29-23-38(24-30-44)41-27-33-53-51-18-4-3-16-49(51)50-17-5-6-19-52(50)56(53)36-41/h1-37H. The molecule has 11 aromatic carbocycles. The van der Waals surface area contributed by atoms with E-state index in [0.29, 0.717) is 0 Å². The molecule has 0 N–H and O–H groups in total. The van der Waals surface area contributed by atoms with E-state index in [-0.39, 0.29) is 0 Å². The molecule has 0 aliphatic rings. The normalized spacial score (nSPS) is 11.7. The van der Waals surface area contributed by atoms with Crippen molar-refractivity contribution in [3.8, 4) is 33.4 Å². The number of hydrogen-bond donors (Lipinski definition) is 0. The fraction of sp³-hybridized carbons (Fsp3) is 0. The smallest absolute Gasteiger partial charge is 0.0467 e. The maximum absolute atomic E-state index is 2.39. The summed E-state index contributed by atoms with van der Waals surface area (Å²) in [5.74, 6) is 0. The maximum Gasteiger partial charge on any atom is 0.0467 e. The van der Waals surface area contributed by atoms with Crippen LogP contribution in [0.4, 0.5) is 17.1 Å². The Hall–Kier alpha value is -7.52. The number of thiophene rings is 1. The second-order valence-corrected chi connectivity index (χ2v) is 16.8. The first-order chi connectivity index (χ1) is 29.7. The van der Waals surface area contributed by atoms with E-state index < -0.39 is 0 Å². The van der Waals surface area contributed by atoms with E-state index in [1.54, 1.807) is 0 Å². The molecule has 0 radical (unpaired) electrons. The summed E-state index contributed by atoms with van der Waals surface area (Å²) in [6.07, 6.45) is 0. The number of fused-ring (bicyclic) bond motifs is 10. The molecule has 12 rings (SSSR count). The zero-order valence-electron chi connectivity index (χ0n) is 32.7. The number of rotatable bonds is 6. The minimum absolute atomic E-state index is 1.10. The van der Waals surface area contributed by atoms with Crippen LogP contribution < -0.4 is 4.90 Å². The van der Waals surface area contributed by atoms with Gasteiger partial charge in [-0.1, -0.05) is 170 Å². The second kappa shape index (κ2) is 14.1. The summed E-state index contributed by atoms with van der Waals surface area (Å²) in [5.41, 5.74) is 10.6. The quantitative estimate of drug-likeness (QED) is 0.152. The molecule has 1 heterocycles. The highest BCUT2D eigenvalue weighted by atomic mass is 32.1. The molecule has 0 unspecified atom stereocenters. The maximum atomic E-state index is 2.39. The van der Waals surface area contributed by atoms with Gasteiger partial charge in [0.05, 0.1) is 0 Å². The summed E-state index contributed by atoms with van der Waals surface area (Å²) in [4.78, 5) is 2.39. The molecule has 0 spiro atoms. The van der Waals surface area contributed by atoms with Gasteiger partial charge in [-0.2, -0.15) is 0 Å². The Labute approximate surface area is 352 Å². The molecular weight excluding hydrogens is 743 g/mol. The number of benzene rings is 11. The van der Waals surface area contributed by atoms with Crippen molar-refractivity contribution in [3.05, 3.63) is 224 Å². The zero-order valence-corrected chi connectivity index (χ0v) is 33.5. The van der Waals surface area contributed by atoms with Crippen LogP contribution in [0, 0.1) is 0 Å². The minimum atomic E-state index is 1.10. The van der Waals surface area contributed by atoms with Crippen molar-refractivity contribution in [3.63, 3.8) is 0 Å². The van der Waals surface area contributed by atoms with Crippen LogP contribution in [0.15, 0.2) is 224 Å². The fourth-order valence-electron chi connectivity index (χ4n) is 9.34. The summed E-state index contributed by atoms with van der Waals surface area (Å²) >= 11 is 1.87. The third kappa shape index (κ3) is 5.76. The van der Waals surface area contributed by atoms with E-state index in [9.17, 15) is 0 Å². The van der Waals surface area contributed by atoms with Gasteiger partial charge in [0.25, 0.3) is 0 Å². The lowest BCUT2D eigenvalue weighted by atomic mass is 9.92. The zero-order chi connectivity index (χ0) is 39.6. The molecule has 0 fully saturated rings. The van der Waals surface area contributed by atoms with Gasteiger partial charge in [0.2, 0.25) is 0 Å². The minimum Gasteiger partial charge on any atom is -0.310 e. The van der Waals surface area contributed by atoms with E-state index in [1.165, 1.54) is 96.6 Å². The molecule has 0 saturated carbocycles. The highest BCUT2D eigenvalue weighted by molar-refractivity contribution is 7.25. The van der Waals surface area contributed by atoms with Crippen molar-refractivity contribution >= 4 is 91.7 Å². The second-order valence-electron chi connectivity index (χ2n) is 15.7. The van der Waals surface area contributed by atoms with Crippen LogP contribution in [-0.2, 0) is 0 Å². The van der Waals surface area contributed by atoms with E-state index in [1.807, 2.05) is 11.3 Å². The van der Waals surface area contributed by atoms with Crippen LogP contribution in [0.5, 0.6) is 0 Å². The van der Waals surface area contributed by atoms with Crippen molar-refractivity contribution in [2.75, 3.05) is 4.90 Å². The largest absolute Gasteiger partial charge is 0.310 e. The van der Waals surface area contributed by atoms with Crippen LogP contribution in [0.2, 0.25) is 0 Å². The molecule has 0 atom stereocenters. The first kappa shape index (κ1) is 34.5. The Morgan fingerprint density at radius 1 is 0.250 bits per heavy atom. The molecule has 60 heavy (non-hydrogen) atoms. The average molecular weight is 780 g/mol. The monoisotopic (exact) mass is 779 g/mol. The average Bonchev–Trinajstić information content (AvgIpc) is 3.70. The predicted molar refractivity (Wildman–Crippen MR) is 260 cm³/mol. The topological polar surface area (TPSA) is 3.24 Å². The van der Waals surface area contributed by atoms with Crippen LogP contribution in [-0.4, -0.2) is 0 Å². The van der Waals surface area contributed by atoms with Gasteiger partial charge >= 0.3 is 0 Å². The van der Waals surface area contributed by atoms with Crippen LogP contribution in [0.1, 0.15) is 0 Å². The number of hydrogen-bond acceptors (Lipinski definition) is 2. The molecule has 0 bridgehead atoms. The van der Waals surface area contributed by atoms with Crippen molar-refractivity contribution in [2.24, 2.45) is 0 Å². The Morgan fingerprint density at radius 2 is 0.733 bits per heavy atom. The number of anilines is 3. The van der Waals surface area contributed by atoms with Gasteiger partial charge < -0.3 is 4.90 Å². The van der Waals surface area contributed by atoms with Gasteiger partial charge in [0.15, 0.2) is 0 Å². The SMILES string of the molecule is c1cc(-c2cccc3ccccc23)cc(N(c2ccc(-c3ccc4c(c3)sc3ccccc34)cc2)c2ccc(-c3ccc4c5ccccc5c5ccccc5c4c3)cc2)c1. The van der Waals surface area contributed by atoms with Gasteiger partial charge in [0.1, 0.15) is 0 Å². The summed E-state index contributed by atoms with van der Waals surface area (Å²) < 4.78 is 2.65. The molecule has 0 saturated heterocycles. The van der Waals surface area contributed by atoms with Gasteiger partial charge in [0, 0.05) is 37.2 Å². The third-order valence-corrected chi connectivity index (χ3v) is 13.4. The molecular formula is C58H37NS. The third-order valence-electron chi connectivity index (χ3n) is 12.2. The lowest BCUT2D eigenvalue weighted by Crippen LogP contribution is -2.10. The molecule has 0 aliphatic carbocycles. The fourth-order valence-corrected chi connectivity index (χ4v) is 10.5. The molecule has 1 aromatic heterocycles. The number of nitrogens with zero attached hydrogens (tertiary/aromatic N) is 1. The van der Waals surface area contributed by atoms with E-state index in [2.05, 4.69) is 229 Å². The first-order valence-corrected chi connectivity index (χ1v) is 21.4. The first-order valence-electron chi connectivity index (χ1n) is 20.6. The Kier molecular flexibility index (Phi) is 8.11. The van der Waals surface area contributed by atoms with Crippen LogP contribution >= 0.6 is 11.3 Å². The summed E-state index contributed by atoms with van der Waals surface area (Å²) in [5, 5.41) is 12.9. The summed E-state index contributed by atoms with van der Waals surface area (Å²) in [6.45, 7) is 0. The van der Waals surface area contributed by atoms with Crippen molar-refractivity contribution in [1.29, 1.82) is 0 Å². The highest BCUT2D eigenvalue weighted by Gasteiger charge is 2.16. The Balaban J connectivity index is 0.959. The molecule has 2 heteroatoms. The molecule has 12 aromatic rings. The molecule has 280 valence electrons. The van der Waals surface area contributed by atoms with E-state index in [4.69, 9.17) is 0 Å². The predicted octanol–water partition coefficient (Wildman–Crippen LogP) is 17.1. The van der Waals surface area contributed by atoms with Crippen molar-refractivity contribution in [2.45, 2.75) is 0 Å².